The molecule has 158 valence electrons. The van der Waals surface area contributed by atoms with Crippen LogP contribution in [0.3, 0.4) is 0 Å². The van der Waals surface area contributed by atoms with Crippen molar-refractivity contribution in [1.29, 1.82) is 0 Å². The van der Waals surface area contributed by atoms with Gasteiger partial charge in [-0.3, -0.25) is 0 Å². The Morgan fingerprint density at radius 1 is 1.14 bits per heavy atom. The van der Waals surface area contributed by atoms with E-state index in [9.17, 15) is 0 Å². The van der Waals surface area contributed by atoms with Crippen LogP contribution in [-0.2, 0) is 6.54 Å². The summed E-state index contributed by atoms with van der Waals surface area (Å²) in [6.07, 6.45) is 1.06. The third-order valence-electron chi connectivity index (χ3n) is 4.85. The highest BCUT2D eigenvalue weighted by atomic mass is 127. The lowest BCUT2D eigenvalue weighted by atomic mass is 10.2. The van der Waals surface area contributed by atoms with Crippen molar-refractivity contribution in [2.24, 2.45) is 4.99 Å². The van der Waals surface area contributed by atoms with Crippen LogP contribution in [0.4, 0.5) is 5.69 Å². The Labute approximate surface area is 190 Å². The zero-order valence-electron chi connectivity index (χ0n) is 17.4. The van der Waals surface area contributed by atoms with Crippen LogP contribution >= 0.6 is 24.0 Å². The monoisotopic (exact) mass is 510 g/mol. The number of benzene rings is 2. The molecular formula is C22H31IN4O2. The second-order valence-corrected chi connectivity index (χ2v) is 6.79. The third kappa shape index (κ3) is 6.42. The van der Waals surface area contributed by atoms with E-state index in [0.29, 0.717) is 12.6 Å². The molecule has 2 N–H and O–H groups in total. The highest BCUT2D eigenvalue weighted by molar-refractivity contribution is 14.0. The first-order valence-electron chi connectivity index (χ1n) is 9.79. The minimum atomic E-state index is 0. The molecule has 2 aromatic rings. The summed E-state index contributed by atoms with van der Waals surface area (Å²) in [4.78, 5) is 7.11. The number of rotatable bonds is 7. The Bertz CT molecular complexity index is 800. The van der Waals surface area contributed by atoms with Crippen LogP contribution in [0.5, 0.6) is 11.5 Å². The zero-order valence-corrected chi connectivity index (χ0v) is 19.7. The smallest absolute Gasteiger partial charge is 0.191 e. The minimum Gasteiger partial charge on any atom is -0.497 e. The summed E-state index contributed by atoms with van der Waals surface area (Å²) in [6, 6.07) is 16.5. The van der Waals surface area contributed by atoms with Crippen molar-refractivity contribution < 1.29 is 9.47 Å². The van der Waals surface area contributed by atoms with Gasteiger partial charge < -0.3 is 25.0 Å². The number of nitrogens with one attached hydrogen (secondary N) is 2. The predicted molar refractivity (Wildman–Crippen MR) is 130 cm³/mol. The molecule has 1 heterocycles. The van der Waals surface area contributed by atoms with Gasteiger partial charge in [-0.2, -0.15) is 0 Å². The number of hydrogen-bond donors (Lipinski definition) is 2. The molecule has 6 nitrogen and oxygen atoms in total. The first-order chi connectivity index (χ1) is 13.7. The van der Waals surface area contributed by atoms with Gasteiger partial charge in [0.25, 0.3) is 0 Å². The lowest BCUT2D eigenvalue weighted by Gasteiger charge is -2.22. The molecule has 1 atom stereocenters. The molecule has 7 heteroatoms. The van der Waals surface area contributed by atoms with Crippen molar-refractivity contribution in [2.45, 2.75) is 25.9 Å². The van der Waals surface area contributed by atoms with Crippen molar-refractivity contribution in [2.75, 3.05) is 38.8 Å². The third-order valence-corrected chi connectivity index (χ3v) is 4.85. The molecule has 0 aromatic heterocycles. The molecule has 0 spiro atoms. The minimum absolute atomic E-state index is 0. The molecule has 1 saturated heterocycles. The normalized spacial score (nSPS) is 16.2. The number of hydrogen-bond acceptors (Lipinski definition) is 4. The van der Waals surface area contributed by atoms with Gasteiger partial charge in [0.1, 0.15) is 11.5 Å². The summed E-state index contributed by atoms with van der Waals surface area (Å²) in [6.45, 7) is 5.43. The number of halogens is 1. The fraction of sp³-hybridized carbons (Fsp3) is 0.409. The predicted octanol–water partition coefficient (Wildman–Crippen LogP) is 3.66. The standard InChI is InChI=1S/C22H30N4O2.HI/c1-4-23-22(24-15-17-8-7-9-19(14-17)27-2)25-18-12-13-26(16-18)20-10-5-6-11-21(20)28-3;/h5-11,14,18H,4,12-13,15-16H2,1-3H3,(H2,23,24,25);1H. The molecule has 1 aliphatic heterocycles. The number of guanidine groups is 1. The molecule has 0 amide bonds. The Morgan fingerprint density at radius 3 is 2.72 bits per heavy atom. The molecule has 0 radical (unpaired) electrons. The van der Waals surface area contributed by atoms with E-state index in [1.165, 1.54) is 0 Å². The van der Waals surface area contributed by atoms with Crippen LogP contribution in [0.1, 0.15) is 18.9 Å². The van der Waals surface area contributed by atoms with Crippen LogP contribution < -0.4 is 25.0 Å². The lowest BCUT2D eigenvalue weighted by molar-refractivity contribution is 0.414. The molecule has 0 saturated carbocycles. The van der Waals surface area contributed by atoms with E-state index in [1.807, 2.05) is 30.3 Å². The van der Waals surface area contributed by atoms with E-state index < -0.39 is 0 Å². The van der Waals surface area contributed by atoms with Crippen LogP contribution in [0, 0.1) is 0 Å². The van der Waals surface area contributed by atoms with Crippen molar-refractivity contribution in [3.63, 3.8) is 0 Å². The second-order valence-electron chi connectivity index (χ2n) is 6.79. The van der Waals surface area contributed by atoms with Gasteiger partial charge in [0.2, 0.25) is 0 Å². The molecular weight excluding hydrogens is 479 g/mol. The number of para-hydroxylation sites is 2. The molecule has 1 aliphatic rings. The summed E-state index contributed by atoms with van der Waals surface area (Å²) in [7, 11) is 3.40. The van der Waals surface area contributed by atoms with Crippen LogP contribution in [0.2, 0.25) is 0 Å². The van der Waals surface area contributed by atoms with Crippen molar-refractivity contribution >= 4 is 35.6 Å². The molecule has 3 rings (SSSR count). The average Bonchev–Trinajstić information content (AvgIpc) is 3.20. The summed E-state index contributed by atoms with van der Waals surface area (Å²) in [5, 5.41) is 6.93. The Kier molecular flexibility index (Phi) is 9.37. The van der Waals surface area contributed by atoms with E-state index in [-0.39, 0.29) is 24.0 Å². The molecule has 0 aliphatic carbocycles. The van der Waals surface area contributed by atoms with E-state index in [2.05, 4.69) is 40.7 Å². The van der Waals surface area contributed by atoms with E-state index >= 15 is 0 Å². The van der Waals surface area contributed by atoms with E-state index in [0.717, 1.165) is 54.8 Å². The average molecular weight is 510 g/mol. The maximum absolute atomic E-state index is 5.51. The topological polar surface area (TPSA) is 58.1 Å². The number of anilines is 1. The van der Waals surface area contributed by atoms with Gasteiger partial charge in [-0.1, -0.05) is 24.3 Å². The van der Waals surface area contributed by atoms with Gasteiger partial charge in [-0.25, -0.2) is 4.99 Å². The van der Waals surface area contributed by atoms with Crippen molar-refractivity contribution in [3.05, 3.63) is 54.1 Å². The highest BCUT2D eigenvalue weighted by Gasteiger charge is 2.25. The van der Waals surface area contributed by atoms with E-state index in [4.69, 9.17) is 14.5 Å². The summed E-state index contributed by atoms with van der Waals surface area (Å²) in [5.41, 5.74) is 2.27. The van der Waals surface area contributed by atoms with Gasteiger partial charge in [0.15, 0.2) is 5.96 Å². The Balaban J connectivity index is 0.00000300. The van der Waals surface area contributed by atoms with Gasteiger partial charge in [-0.15, -0.1) is 24.0 Å². The van der Waals surface area contributed by atoms with Crippen LogP contribution in [0.25, 0.3) is 0 Å². The number of methoxy groups -OCH3 is 2. The van der Waals surface area contributed by atoms with Gasteiger partial charge in [-0.05, 0) is 43.2 Å². The SMILES string of the molecule is CCNC(=NCc1cccc(OC)c1)NC1CCN(c2ccccc2OC)C1.I. The molecule has 1 unspecified atom stereocenters. The molecule has 0 bridgehead atoms. The number of aliphatic imine (C=N–C) groups is 1. The maximum atomic E-state index is 5.51. The van der Waals surface area contributed by atoms with E-state index in [1.54, 1.807) is 14.2 Å². The highest BCUT2D eigenvalue weighted by Crippen LogP contribution is 2.30. The van der Waals surface area contributed by atoms with Crippen molar-refractivity contribution in [1.82, 2.24) is 10.6 Å². The first-order valence-corrected chi connectivity index (χ1v) is 9.79. The van der Waals surface area contributed by atoms with Gasteiger partial charge in [0, 0.05) is 25.7 Å². The second kappa shape index (κ2) is 11.7. The van der Waals surface area contributed by atoms with Crippen LogP contribution in [-0.4, -0.2) is 45.9 Å². The van der Waals surface area contributed by atoms with Crippen LogP contribution in [0.15, 0.2) is 53.5 Å². The zero-order chi connectivity index (χ0) is 19.8. The Hall–Kier alpha value is -2.16. The quantitative estimate of drug-likeness (QED) is 0.339. The van der Waals surface area contributed by atoms with Crippen molar-refractivity contribution in [3.8, 4) is 11.5 Å². The number of nitrogens with zero attached hydrogens (tertiary/aromatic N) is 2. The fourth-order valence-corrected chi connectivity index (χ4v) is 3.44. The summed E-state index contributed by atoms with van der Waals surface area (Å²) < 4.78 is 10.8. The summed E-state index contributed by atoms with van der Waals surface area (Å²) >= 11 is 0. The molecule has 2 aromatic carbocycles. The van der Waals surface area contributed by atoms with Gasteiger partial charge >= 0.3 is 0 Å². The Morgan fingerprint density at radius 2 is 1.97 bits per heavy atom. The van der Waals surface area contributed by atoms with Gasteiger partial charge in [0.05, 0.1) is 26.5 Å². The largest absolute Gasteiger partial charge is 0.497 e. The number of ether oxygens (including phenoxy) is 2. The fourth-order valence-electron chi connectivity index (χ4n) is 3.44. The maximum Gasteiger partial charge on any atom is 0.191 e. The first kappa shape index (κ1) is 23.1. The molecule has 1 fully saturated rings. The molecule has 29 heavy (non-hydrogen) atoms. The lowest BCUT2D eigenvalue weighted by Crippen LogP contribution is -2.44. The summed E-state index contributed by atoms with van der Waals surface area (Å²) in [5.74, 6) is 2.62.